The minimum Gasteiger partial charge on any atom is -0.508 e. The second-order valence-electron chi connectivity index (χ2n) is 7.42. The minimum atomic E-state index is -1.11. The number of carbonyl (C=O) groups excluding carboxylic acids is 2. The molecule has 2 aromatic carbocycles. The number of carboxylic acids is 1. The van der Waals surface area contributed by atoms with Crippen molar-refractivity contribution in [3.8, 4) is 5.75 Å². The van der Waals surface area contributed by atoms with Crippen molar-refractivity contribution in [3.05, 3.63) is 65.7 Å². The van der Waals surface area contributed by atoms with Gasteiger partial charge in [0.25, 0.3) is 5.91 Å². The zero-order chi connectivity index (χ0) is 23.5. The van der Waals surface area contributed by atoms with E-state index in [1.807, 2.05) is 0 Å². The number of hydrogen-bond donors (Lipinski definition) is 5. The molecule has 0 heterocycles. The van der Waals surface area contributed by atoms with E-state index in [0.29, 0.717) is 17.5 Å². The molecule has 0 radical (unpaired) electrons. The van der Waals surface area contributed by atoms with Crippen molar-refractivity contribution < 1.29 is 24.6 Å². The van der Waals surface area contributed by atoms with Crippen molar-refractivity contribution >= 4 is 23.6 Å². The van der Waals surface area contributed by atoms with Gasteiger partial charge in [-0.25, -0.2) is 0 Å². The Morgan fingerprint density at radius 2 is 1.66 bits per heavy atom. The standard InChI is InChI=1S/C23H28N4O5/c24-23(25)26-12-4-7-19(27-21(30)16-5-2-1-3-6-16)20(29)14-17(22(31)32)13-15-8-10-18(28)11-9-15/h1-3,5-6,8-11,17,19,28H,4,7,12-14H2,(H,27,30)(H,31,32)(H4,24,25,26). The predicted molar refractivity (Wildman–Crippen MR) is 120 cm³/mol. The highest BCUT2D eigenvalue weighted by Crippen LogP contribution is 2.18. The molecule has 2 atom stereocenters. The second kappa shape index (κ2) is 12.1. The van der Waals surface area contributed by atoms with E-state index in [1.165, 1.54) is 12.1 Å². The Morgan fingerprint density at radius 3 is 2.25 bits per heavy atom. The lowest BCUT2D eigenvalue weighted by Crippen LogP contribution is -2.42. The molecule has 9 nitrogen and oxygen atoms in total. The summed E-state index contributed by atoms with van der Waals surface area (Å²) in [6.07, 6.45) is 0.561. The van der Waals surface area contributed by atoms with Gasteiger partial charge in [-0.3, -0.25) is 19.4 Å². The smallest absolute Gasteiger partial charge is 0.307 e. The Morgan fingerprint density at radius 1 is 1.00 bits per heavy atom. The van der Waals surface area contributed by atoms with Crippen molar-refractivity contribution in [2.75, 3.05) is 6.54 Å². The summed E-state index contributed by atoms with van der Waals surface area (Å²) >= 11 is 0. The van der Waals surface area contributed by atoms with E-state index in [0.717, 1.165) is 0 Å². The number of phenols is 1. The number of nitrogens with two attached hydrogens (primary N) is 2. The number of benzene rings is 2. The van der Waals surface area contributed by atoms with Crippen LogP contribution in [0.1, 0.15) is 35.2 Å². The van der Waals surface area contributed by atoms with Gasteiger partial charge in [-0.15, -0.1) is 0 Å². The largest absolute Gasteiger partial charge is 0.508 e. The van der Waals surface area contributed by atoms with Crippen LogP contribution in [0.2, 0.25) is 0 Å². The fourth-order valence-electron chi connectivity index (χ4n) is 3.20. The van der Waals surface area contributed by atoms with Gasteiger partial charge in [-0.2, -0.15) is 0 Å². The molecule has 2 unspecified atom stereocenters. The molecule has 7 N–H and O–H groups in total. The summed E-state index contributed by atoms with van der Waals surface area (Å²) in [6.45, 7) is 0.281. The summed E-state index contributed by atoms with van der Waals surface area (Å²) in [6, 6.07) is 13.7. The van der Waals surface area contributed by atoms with E-state index in [-0.39, 0.29) is 43.3 Å². The summed E-state index contributed by atoms with van der Waals surface area (Å²) in [5, 5.41) is 21.7. The highest BCUT2D eigenvalue weighted by atomic mass is 16.4. The maximum atomic E-state index is 13.0. The van der Waals surface area contributed by atoms with Crippen LogP contribution in [0.4, 0.5) is 0 Å². The number of aliphatic imine (C=N–C) groups is 1. The Balaban J connectivity index is 2.10. The summed E-state index contributed by atoms with van der Waals surface area (Å²) in [4.78, 5) is 41.2. The molecule has 0 bridgehead atoms. The zero-order valence-electron chi connectivity index (χ0n) is 17.6. The first-order valence-electron chi connectivity index (χ1n) is 10.2. The Hall–Kier alpha value is -3.88. The zero-order valence-corrected chi connectivity index (χ0v) is 17.6. The summed E-state index contributed by atoms with van der Waals surface area (Å²) in [5.41, 5.74) is 11.7. The van der Waals surface area contributed by atoms with Gasteiger partial charge in [0.05, 0.1) is 12.0 Å². The van der Waals surface area contributed by atoms with Crippen LogP contribution in [-0.2, 0) is 16.0 Å². The summed E-state index contributed by atoms with van der Waals surface area (Å²) < 4.78 is 0. The molecular formula is C23H28N4O5. The Labute approximate surface area is 186 Å². The van der Waals surface area contributed by atoms with Crippen molar-refractivity contribution in [1.82, 2.24) is 5.32 Å². The molecule has 170 valence electrons. The Kier molecular flexibility index (Phi) is 9.22. The number of ketones is 1. The molecule has 0 aliphatic heterocycles. The fourth-order valence-corrected chi connectivity index (χ4v) is 3.20. The van der Waals surface area contributed by atoms with Crippen LogP contribution in [0, 0.1) is 5.92 Å². The maximum Gasteiger partial charge on any atom is 0.307 e. The number of aromatic hydroxyl groups is 1. The first-order chi connectivity index (χ1) is 15.3. The molecule has 0 saturated heterocycles. The van der Waals surface area contributed by atoms with E-state index in [4.69, 9.17) is 11.5 Å². The van der Waals surface area contributed by atoms with Crippen LogP contribution in [0.3, 0.4) is 0 Å². The van der Waals surface area contributed by atoms with Gasteiger partial charge >= 0.3 is 5.97 Å². The number of aliphatic carboxylic acids is 1. The van der Waals surface area contributed by atoms with E-state index in [2.05, 4.69) is 10.3 Å². The topological polar surface area (TPSA) is 168 Å². The van der Waals surface area contributed by atoms with Gasteiger partial charge < -0.3 is 27.0 Å². The number of guanidine groups is 1. The molecule has 9 heteroatoms. The number of hydrogen-bond acceptors (Lipinski definition) is 5. The average Bonchev–Trinajstić information content (AvgIpc) is 2.77. The molecule has 1 amide bonds. The number of rotatable bonds is 12. The van der Waals surface area contributed by atoms with E-state index in [9.17, 15) is 24.6 Å². The van der Waals surface area contributed by atoms with Crippen LogP contribution in [0.25, 0.3) is 0 Å². The maximum absolute atomic E-state index is 13.0. The first kappa shape index (κ1) is 24.4. The second-order valence-corrected chi connectivity index (χ2v) is 7.42. The van der Waals surface area contributed by atoms with E-state index >= 15 is 0 Å². The van der Waals surface area contributed by atoms with Crippen molar-refractivity contribution in [3.63, 3.8) is 0 Å². The third-order valence-corrected chi connectivity index (χ3v) is 4.89. The molecule has 0 aromatic heterocycles. The van der Waals surface area contributed by atoms with Crippen molar-refractivity contribution in [2.45, 2.75) is 31.7 Å². The third kappa shape index (κ3) is 8.10. The van der Waals surface area contributed by atoms with Crippen LogP contribution < -0.4 is 16.8 Å². The minimum absolute atomic E-state index is 0.0685. The van der Waals surface area contributed by atoms with Crippen molar-refractivity contribution in [1.29, 1.82) is 0 Å². The average molecular weight is 441 g/mol. The molecule has 0 aliphatic carbocycles. The molecule has 0 aliphatic rings. The van der Waals surface area contributed by atoms with E-state index in [1.54, 1.807) is 42.5 Å². The number of carbonyl (C=O) groups is 3. The number of Topliss-reactive ketones (excluding diaryl/α,β-unsaturated/α-hetero) is 1. The molecular weight excluding hydrogens is 412 g/mol. The van der Waals surface area contributed by atoms with Gasteiger partial charge in [0, 0.05) is 18.5 Å². The van der Waals surface area contributed by atoms with Gasteiger partial charge in [0.2, 0.25) is 0 Å². The lowest BCUT2D eigenvalue weighted by molar-refractivity contribution is -0.144. The normalized spacial score (nSPS) is 12.4. The number of amides is 1. The molecule has 32 heavy (non-hydrogen) atoms. The molecule has 0 saturated carbocycles. The highest BCUT2D eigenvalue weighted by Gasteiger charge is 2.27. The number of carboxylic acid groups (broad SMARTS) is 1. The highest BCUT2D eigenvalue weighted by molar-refractivity contribution is 5.98. The Bertz CT molecular complexity index is 941. The van der Waals surface area contributed by atoms with Gasteiger partial charge in [0.15, 0.2) is 11.7 Å². The van der Waals surface area contributed by atoms with Gasteiger partial charge in [-0.1, -0.05) is 30.3 Å². The molecule has 2 aromatic rings. The summed E-state index contributed by atoms with van der Waals surface area (Å²) in [5.74, 6) is -2.88. The van der Waals surface area contributed by atoms with Crippen LogP contribution in [0.5, 0.6) is 5.75 Å². The van der Waals surface area contributed by atoms with Gasteiger partial charge in [0.1, 0.15) is 5.75 Å². The van der Waals surface area contributed by atoms with Crippen molar-refractivity contribution in [2.24, 2.45) is 22.4 Å². The monoisotopic (exact) mass is 440 g/mol. The van der Waals surface area contributed by atoms with E-state index < -0.39 is 23.8 Å². The molecule has 0 fully saturated rings. The lowest BCUT2D eigenvalue weighted by Gasteiger charge is -2.20. The number of nitrogens with zero attached hydrogens (tertiary/aromatic N) is 1. The van der Waals surface area contributed by atoms with Crippen LogP contribution in [0.15, 0.2) is 59.6 Å². The SMILES string of the molecule is NC(N)=NCCCC(NC(=O)c1ccccc1)C(=O)CC(Cc1ccc(O)cc1)C(=O)O. The lowest BCUT2D eigenvalue weighted by atomic mass is 9.91. The molecule has 2 rings (SSSR count). The molecule has 0 spiro atoms. The number of phenolic OH excluding ortho intramolecular Hbond substituents is 1. The van der Waals surface area contributed by atoms with Crippen LogP contribution >= 0.6 is 0 Å². The van der Waals surface area contributed by atoms with Crippen LogP contribution in [-0.4, -0.2) is 46.4 Å². The first-order valence-corrected chi connectivity index (χ1v) is 10.2. The quantitative estimate of drug-likeness (QED) is 0.189. The summed E-state index contributed by atoms with van der Waals surface area (Å²) in [7, 11) is 0. The predicted octanol–water partition coefficient (Wildman–Crippen LogP) is 1.45. The third-order valence-electron chi connectivity index (χ3n) is 4.89. The number of nitrogens with one attached hydrogen (secondary N) is 1. The van der Waals surface area contributed by atoms with Gasteiger partial charge in [-0.05, 0) is 49.1 Å². The fraction of sp³-hybridized carbons (Fsp3) is 0.304.